The van der Waals surface area contributed by atoms with Gasteiger partial charge in [-0.3, -0.25) is 0 Å². The summed E-state index contributed by atoms with van der Waals surface area (Å²) < 4.78 is 33.9. The Morgan fingerprint density at radius 3 is 2.50 bits per heavy atom. The van der Waals surface area contributed by atoms with Crippen molar-refractivity contribution in [3.63, 3.8) is 0 Å². The predicted octanol–water partition coefficient (Wildman–Crippen LogP) is 3.92. The monoisotopic (exact) mass is 334 g/mol. The van der Waals surface area contributed by atoms with Gasteiger partial charge in [0, 0.05) is 21.2 Å². The van der Waals surface area contributed by atoms with Crippen LogP contribution in [0.2, 0.25) is 0 Å². The molecule has 0 spiro atoms. The molecule has 0 saturated heterocycles. The second kappa shape index (κ2) is 5.62. The normalized spacial score (nSPS) is 11.5. The maximum Gasteiger partial charge on any atom is 0.306 e. The Morgan fingerprint density at radius 1 is 1.05 bits per heavy atom. The number of hydrogen-bond donors (Lipinski definition) is 0. The Bertz CT molecular complexity index is 893. The summed E-state index contributed by atoms with van der Waals surface area (Å²) in [7, 11) is -2.00. The van der Waals surface area contributed by atoms with E-state index in [-0.39, 0.29) is 5.75 Å². The summed E-state index contributed by atoms with van der Waals surface area (Å²) >= 11 is 1.66. The maximum absolute atomic E-state index is 11.2. The van der Waals surface area contributed by atoms with Crippen LogP contribution in [0.15, 0.2) is 48.5 Å². The average Bonchev–Trinajstić information content (AvgIpc) is 2.89. The van der Waals surface area contributed by atoms with Gasteiger partial charge in [-0.25, -0.2) is 0 Å². The zero-order valence-corrected chi connectivity index (χ0v) is 13.7. The van der Waals surface area contributed by atoms with Crippen LogP contribution in [0.5, 0.6) is 11.5 Å². The van der Waals surface area contributed by atoms with Gasteiger partial charge in [-0.2, -0.15) is 8.42 Å². The summed E-state index contributed by atoms with van der Waals surface area (Å²) in [6.45, 7) is 0. The van der Waals surface area contributed by atoms with E-state index in [1.54, 1.807) is 30.6 Å². The maximum atomic E-state index is 11.2. The van der Waals surface area contributed by atoms with Crippen LogP contribution in [-0.2, 0) is 10.1 Å². The molecular formula is C16H14O4S2. The van der Waals surface area contributed by atoms with Crippen molar-refractivity contribution in [1.82, 2.24) is 0 Å². The fraction of sp³-hybridized carbons (Fsp3) is 0.125. The van der Waals surface area contributed by atoms with E-state index in [9.17, 15) is 8.42 Å². The second-order valence-corrected chi connectivity index (χ2v) is 7.46. The molecule has 1 heterocycles. The van der Waals surface area contributed by atoms with Crippen molar-refractivity contribution in [3.8, 4) is 21.9 Å². The molecule has 4 nitrogen and oxygen atoms in total. The Morgan fingerprint density at radius 2 is 1.82 bits per heavy atom. The minimum Gasteiger partial charge on any atom is -0.496 e. The first-order chi connectivity index (χ1) is 10.5. The number of ether oxygens (including phenoxy) is 1. The summed E-state index contributed by atoms with van der Waals surface area (Å²) in [5, 5.41) is 1.17. The summed E-state index contributed by atoms with van der Waals surface area (Å²) in [6, 6.07) is 15.2. The molecule has 0 bridgehead atoms. The molecule has 0 fully saturated rings. The molecule has 0 aliphatic heterocycles. The van der Waals surface area contributed by atoms with Crippen LogP contribution < -0.4 is 8.92 Å². The Hall–Kier alpha value is -2.05. The number of hydrogen-bond acceptors (Lipinski definition) is 5. The summed E-state index contributed by atoms with van der Waals surface area (Å²) in [5.41, 5.74) is 0.907. The number of thiophene rings is 1. The van der Waals surface area contributed by atoms with Crippen molar-refractivity contribution >= 4 is 31.5 Å². The largest absolute Gasteiger partial charge is 0.496 e. The highest BCUT2D eigenvalue weighted by atomic mass is 32.2. The quantitative estimate of drug-likeness (QED) is 0.679. The van der Waals surface area contributed by atoms with Gasteiger partial charge in [0.2, 0.25) is 0 Å². The van der Waals surface area contributed by atoms with E-state index in [1.165, 1.54) is 10.1 Å². The molecule has 0 saturated carbocycles. The Balaban J connectivity index is 2.06. The fourth-order valence-corrected chi connectivity index (χ4v) is 3.76. The van der Waals surface area contributed by atoms with Gasteiger partial charge in [0.25, 0.3) is 0 Å². The van der Waals surface area contributed by atoms with Gasteiger partial charge >= 0.3 is 10.1 Å². The molecule has 0 amide bonds. The highest BCUT2D eigenvalue weighted by molar-refractivity contribution is 7.86. The van der Waals surface area contributed by atoms with Gasteiger partial charge in [-0.15, -0.1) is 11.3 Å². The van der Waals surface area contributed by atoms with E-state index < -0.39 is 10.1 Å². The highest BCUT2D eigenvalue weighted by Gasteiger charge is 2.13. The van der Waals surface area contributed by atoms with E-state index in [0.29, 0.717) is 5.75 Å². The molecule has 0 aliphatic rings. The first kappa shape index (κ1) is 14.9. The first-order valence-electron chi connectivity index (χ1n) is 6.53. The molecular weight excluding hydrogens is 320 g/mol. The fourth-order valence-electron chi connectivity index (χ4n) is 2.22. The third-order valence-corrected chi connectivity index (χ3v) is 4.76. The second-order valence-electron chi connectivity index (χ2n) is 4.80. The molecule has 0 aliphatic carbocycles. The van der Waals surface area contributed by atoms with Gasteiger partial charge in [0.1, 0.15) is 11.5 Å². The van der Waals surface area contributed by atoms with E-state index in [4.69, 9.17) is 8.92 Å². The van der Waals surface area contributed by atoms with Crippen LogP contribution in [0, 0.1) is 0 Å². The molecule has 2 aromatic carbocycles. The summed E-state index contributed by atoms with van der Waals surface area (Å²) in [4.78, 5) is 1.06. The van der Waals surface area contributed by atoms with Crippen molar-refractivity contribution < 1.29 is 17.3 Å². The third-order valence-electron chi connectivity index (χ3n) is 3.11. The van der Waals surface area contributed by atoms with E-state index in [2.05, 4.69) is 18.2 Å². The SMILES string of the molecule is COc1cc(OS(C)(=O)=O)ccc1-c1cc2ccccc2s1. The van der Waals surface area contributed by atoms with Gasteiger partial charge in [0.05, 0.1) is 13.4 Å². The average molecular weight is 334 g/mol. The number of rotatable bonds is 4. The van der Waals surface area contributed by atoms with Crippen molar-refractivity contribution in [2.24, 2.45) is 0 Å². The van der Waals surface area contributed by atoms with E-state index >= 15 is 0 Å². The van der Waals surface area contributed by atoms with Crippen molar-refractivity contribution in [3.05, 3.63) is 48.5 Å². The third kappa shape index (κ3) is 3.08. The van der Waals surface area contributed by atoms with Crippen molar-refractivity contribution in [2.45, 2.75) is 0 Å². The van der Waals surface area contributed by atoms with E-state index in [0.717, 1.165) is 16.7 Å². The lowest BCUT2D eigenvalue weighted by Crippen LogP contribution is -2.05. The molecule has 3 aromatic rings. The van der Waals surface area contributed by atoms with Crippen LogP contribution in [0.4, 0.5) is 0 Å². The first-order valence-corrected chi connectivity index (χ1v) is 9.16. The highest BCUT2D eigenvalue weighted by Crippen LogP contribution is 2.39. The Labute approximate surface area is 133 Å². The lowest BCUT2D eigenvalue weighted by Gasteiger charge is -2.09. The van der Waals surface area contributed by atoms with Crippen LogP contribution in [0.3, 0.4) is 0 Å². The van der Waals surface area contributed by atoms with Crippen LogP contribution >= 0.6 is 11.3 Å². The van der Waals surface area contributed by atoms with Gasteiger partial charge < -0.3 is 8.92 Å². The lowest BCUT2D eigenvalue weighted by atomic mass is 10.1. The molecule has 3 rings (SSSR count). The molecule has 1 aromatic heterocycles. The van der Waals surface area contributed by atoms with Crippen LogP contribution in [0.25, 0.3) is 20.5 Å². The lowest BCUT2D eigenvalue weighted by molar-refractivity contribution is 0.413. The zero-order valence-electron chi connectivity index (χ0n) is 12.1. The number of methoxy groups -OCH3 is 1. The minimum atomic E-state index is -3.55. The number of benzene rings is 2. The van der Waals surface area contributed by atoms with Crippen LogP contribution in [0.1, 0.15) is 0 Å². The smallest absolute Gasteiger partial charge is 0.306 e. The van der Waals surface area contributed by atoms with Gasteiger partial charge in [-0.1, -0.05) is 18.2 Å². The van der Waals surface area contributed by atoms with Gasteiger partial charge in [-0.05, 0) is 29.7 Å². The molecule has 0 N–H and O–H groups in total. The van der Waals surface area contributed by atoms with Crippen molar-refractivity contribution in [2.75, 3.05) is 13.4 Å². The molecule has 0 atom stereocenters. The van der Waals surface area contributed by atoms with Crippen molar-refractivity contribution in [1.29, 1.82) is 0 Å². The standard InChI is InChI=1S/C16H14O4S2/c1-19-14-10-12(20-22(2,17)18)7-8-13(14)16-9-11-5-3-4-6-15(11)21-16/h3-10H,1-2H3. The predicted molar refractivity (Wildman–Crippen MR) is 89.3 cm³/mol. The molecule has 114 valence electrons. The topological polar surface area (TPSA) is 52.6 Å². The van der Waals surface area contributed by atoms with Crippen LogP contribution in [-0.4, -0.2) is 21.8 Å². The Kier molecular flexibility index (Phi) is 3.80. The summed E-state index contributed by atoms with van der Waals surface area (Å²) in [6.07, 6.45) is 1.01. The molecule has 0 radical (unpaired) electrons. The number of fused-ring (bicyclic) bond motifs is 1. The molecule has 6 heteroatoms. The van der Waals surface area contributed by atoms with E-state index in [1.807, 2.05) is 18.2 Å². The van der Waals surface area contributed by atoms with Gasteiger partial charge in [0.15, 0.2) is 0 Å². The molecule has 0 unspecified atom stereocenters. The minimum absolute atomic E-state index is 0.240. The zero-order chi connectivity index (χ0) is 15.7. The summed E-state index contributed by atoms with van der Waals surface area (Å²) in [5.74, 6) is 0.817. The molecule has 22 heavy (non-hydrogen) atoms.